The van der Waals surface area contributed by atoms with Crippen molar-refractivity contribution < 1.29 is 19.1 Å². The summed E-state index contributed by atoms with van der Waals surface area (Å²) >= 11 is 0. The van der Waals surface area contributed by atoms with Gasteiger partial charge in [0.15, 0.2) is 0 Å². The van der Waals surface area contributed by atoms with E-state index >= 15 is 0 Å². The molecule has 1 aliphatic rings. The number of hydrogen-bond donors (Lipinski definition) is 1. The Kier molecular flexibility index (Phi) is 8.22. The molecule has 1 saturated heterocycles. The fourth-order valence-electron chi connectivity index (χ4n) is 3.19. The number of nitrogens with zero attached hydrogens (tertiary/aromatic N) is 1. The van der Waals surface area contributed by atoms with Crippen molar-refractivity contribution in [1.82, 2.24) is 10.2 Å². The summed E-state index contributed by atoms with van der Waals surface area (Å²) in [5, 5.41) is 2.92. The Bertz CT molecular complexity index is 788. The number of carbonyl (C=O) groups is 2. The molecular formula is C23H28N2O4. The predicted molar refractivity (Wildman–Crippen MR) is 110 cm³/mol. The van der Waals surface area contributed by atoms with Gasteiger partial charge in [-0.1, -0.05) is 54.6 Å². The van der Waals surface area contributed by atoms with Crippen LogP contribution in [0.25, 0.3) is 0 Å². The molecular weight excluding hydrogens is 368 g/mol. The van der Waals surface area contributed by atoms with E-state index in [-0.39, 0.29) is 31.3 Å². The minimum absolute atomic E-state index is 0.0775. The quantitative estimate of drug-likeness (QED) is 0.660. The van der Waals surface area contributed by atoms with E-state index in [0.29, 0.717) is 6.54 Å². The van der Waals surface area contributed by atoms with E-state index < -0.39 is 0 Å². The lowest BCUT2D eigenvalue weighted by Gasteiger charge is -2.27. The highest BCUT2D eigenvalue weighted by Gasteiger charge is 2.13. The largest absolute Gasteiger partial charge is 0.461 e. The maximum atomic E-state index is 12.2. The Morgan fingerprint density at radius 3 is 2.38 bits per heavy atom. The van der Waals surface area contributed by atoms with Crippen LogP contribution in [0.3, 0.4) is 0 Å². The van der Waals surface area contributed by atoms with Gasteiger partial charge in [0.25, 0.3) is 0 Å². The lowest BCUT2D eigenvalue weighted by molar-refractivity contribution is -0.146. The molecule has 0 atom stereocenters. The Labute approximate surface area is 171 Å². The monoisotopic (exact) mass is 396 g/mol. The number of ether oxygens (including phenoxy) is 2. The van der Waals surface area contributed by atoms with Crippen LogP contribution >= 0.6 is 0 Å². The van der Waals surface area contributed by atoms with Crippen LogP contribution in [0.15, 0.2) is 54.6 Å². The highest BCUT2D eigenvalue weighted by Crippen LogP contribution is 2.13. The molecule has 6 heteroatoms. The van der Waals surface area contributed by atoms with E-state index in [2.05, 4.69) is 16.3 Å². The molecule has 0 aliphatic carbocycles. The molecule has 0 spiro atoms. The number of benzene rings is 2. The summed E-state index contributed by atoms with van der Waals surface area (Å²) in [7, 11) is 0. The van der Waals surface area contributed by atoms with Crippen LogP contribution in [0, 0.1) is 0 Å². The molecule has 154 valence electrons. The predicted octanol–water partition coefficient (Wildman–Crippen LogP) is 2.66. The molecule has 29 heavy (non-hydrogen) atoms. The zero-order valence-corrected chi connectivity index (χ0v) is 16.6. The van der Waals surface area contributed by atoms with Gasteiger partial charge < -0.3 is 14.8 Å². The van der Waals surface area contributed by atoms with E-state index in [4.69, 9.17) is 9.47 Å². The molecule has 1 heterocycles. The molecule has 0 unspecified atom stereocenters. The summed E-state index contributed by atoms with van der Waals surface area (Å²) in [5.41, 5.74) is 3.23. The Balaban J connectivity index is 1.39. The maximum Gasteiger partial charge on any atom is 0.306 e. The van der Waals surface area contributed by atoms with Gasteiger partial charge >= 0.3 is 5.97 Å². The van der Waals surface area contributed by atoms with Crippen LogP contribution in [-0.4, -0.2) is 43.1 Å². The molecule has 2 aromatic rings. The van der Waals surface area contributed by atoms with Gasteiger partial charge in [0, 0.05) is 32.6 Å². The van der Waals surface area contributed by atoms with Crippen molar-refractivity contribution in [2.45, 2.75) is 32.5 Å². The van der Waals surface area contributed by atoms with E-state index in [1.807, 2.05) is 48.5 Å². The second-order valence-corrected chi connectivity index (χ2v) is 7.08. The van der Waals surface area contributed by atoms with E-state index in [1.54, 1.807) is 0 Å². The van der Waals surface area contributed by atoms with E-state index in [1.165, 1.54) is 5.56 Å². The summed E-state index contributed by atoms with van der Waals surface area (Å²) in [6, 6.07) is 17.6. The second-order valence-electron chi connectivity index (χ2n) is 7.08. The topological polar surface area (TPSA) is 67.9 Å². The average molecular weight is 396 g/mol. The number of morpholine rings is 1. The third-order valence-electron chi connectivity index (χ3n) is 4.89. The van der Waals surface area contributed by atoms with Crippen LogP contribution in [0.2, 0.25) is 0 Å². The molecule has 1 fully saturated rings. The third-order valence-corrected chi connectivity index (χ3v) is 4.89. The summed E-state index contributed by atoms with van der Waals surface area (Å²) in [6.45, 7) is 4.91. The Morgan fingerprint density at radius 2 is 1.62 bits per heavy atom. The van der Waals surface area contributed by atoms with Gasteiger partial charge in [-0.05, 0) is 16.7 Å². The van der Waals surface area contributed by atoms with Gasteiger partial charge in [0.05, 0.1) is 19.6 Å². The molecule has 0 saturated carbocycles. The van der Waals surface area contributed by atoms with Crippen molar-refractivity contribution in [3.8, 4) is 0 Å². The SMILES string of the molecule is O=C(CCC(=O)OCc1ccccc1)NCc1ccccc1CN1CCOCC1. The van der Waals surface area contributed by atoms with E-state index in [9.17, 15) is 9.59 Å². The summed E-state index contributed by atoms with van der Waals surface area (Å²) in [4.78, 5) is 26.4. The molecule has 0 bridgehead atoms. The lowest BCUT2D eigenvalue weighted by Crippen LogP contribution is -2.36. The van der Waals surface area contributed by atoms with Crippen molar-refractivity contribution in [3.63, 3.8) is 0 Å². The molecule has 6 nitrogen and oxygen atoms in total. The zero-order valence-electron chi connectivity index (χ0n) is 16.6. The van der Waals surface area contributed by atoms with Crippen LogP contribution in [-0.2, 0) is 38.8 Å². The molecule has 1 N–H and O–H groups in total. The smallest absolute Gasteiger partial charge is 0.306 e. The number of hydrogen-bond acceptors (Lipinski definition) is 5. The van der Waals surface area contributed by atoms with Crippen molar-refractivity contribution in [2.75, 3.05) is 26.3 Å². The van der Waals surface area contributed by atoms with Gasteiger partial charge in [-0.2, -0.15) is 0 Å². The molecule has 0 radical (unpaired) electrons. The van der Waals surface area contributed by atoms with Crippen molar-refractivity contribution in [2.24, 2.45) is 0 Å². The van der Waals surface area contributed by atoms with Crippen LogP contribution < -0.4 is 5.32 Å². The molecule has 0 aromatic heterocycles. The summed E-state index contributed by atoms with van der Waals surface area (Å²) in [6.07, 6.45) is 0.202. The normalized spacial score (nSPS) is 14.3. The van der Waals surface area contributed by atoms with Crippen LogP contribution in [0.1, 0.15) is 29.5 Å². The van der Waals surface area contributed by atoms with Gasteiger partial charge in [-0.15, -0.1) is 0 Å². The molecule has 1 amide bonds. The first-order valence-electron chi connectivity index (χ1n) is 10.0. The van der Waals surface area contributed by atoms with Crippen molar-refractivity contribution >= 4 is 11.9 Å². The molecule has 3 rings (SSSR count). The number of esters is 1. The Hall–Kier alpha value is -2.70. The lowest BCUT2D eigenvalue weighted by atomic mass is 10.1. The summed E-state index contributed by atoms with van der Waals surface area (Å²) < 4.78 is 10.6. The first kappa shape index (κ1) is 21.0. The van der Waals surface area contributed by atoms with Crippen LogP contribution in [0.5, 0.6) is 0 Å². The highest BCUT2D eigenvalue weighted by atomic mass is 16.5. The highest BCUT2D eigenvalue weighted by molar-refractivity contribution is 5.81. The zero-order chi connectivity index (χ0) is 20.3. The minimum atomic E-state index is -0.364. The molecule has 2 aromatic carbocycles. The maximum absolute atomic E-state index is 12.2. The van der Waals surface area contributed by atoms with E-state index in [0.717, 1.165) is 44.0 Å². The van der Waals surface area contributed by atoms with Gasteiger partial charge in [0.2, 0.25) is 5.91 Å². The van der Waals surface area contributed by atoms with Crippen molar-refractivity contribution in [3.05, 3.63) is 71.3 Å². The fourth-order valence-corrected chi connectivity index (χ4v) is 3.19. The first-order valence-corrected chi connectivity index (χ1v) is 10.0. The van der Waals surface area contributed by atoms with Gasteiger partial charge in [0.1, 0.15) is 6.61 Å². The van der Waals surface area contributed by atoms with Gasteiger partial charge in [-0.25, -0.2) is 0 Å². The number of nitrogens with one attached hydrogen (secondary N) is 1. The average Bonchev–Trinajstić information content (AvgIpc) is 2.77. The van der Waals surface area contributed by atoms with Crippen LogP contribution in [0.4, 0.5) is 0 Å². The third kappa shape index (κ3) is 7.33. The standard InChI is InChI=1S/C23H28N2O4/c26-22(10-11-23(27)29-18-19-6-2-1-3-7-19)24-16-20-8-4-5-9-21(20)17-25-12-14-28-15-13-25/h1-9H,10-18H2,(H,24,26). The summed E-state index contributed by atoms with van der Waals surface area (Å²) in [5.74, 6) is -0.514. The number of carbonyl (C=O) groups excluding carboxylic acids is 2. The molecule has 1 aliphatic heterocycles. The fraction of sp³-hybridized carbons (Fsp3) is 0.391. The van der Waals surface area contributed by atoms with Crippen molar-refractivity contribution in [1.29, 1.82) is 0 Å². The number of rotatable bonds is 9. The minimum Gasteiger partial charge on any atom is -0.461 e. The van der Waals surface area contributed by atoms with Gasteiger partial charge in [-0.3, -0.25) is 14.5 Å². The first-order chi connectivity index (χ1) is 14.2. The Morgan fingerprint density at radius 1 is 0.931 bits per heavy atom. The number of amides is 1. The second kappa shape index (κ2) is 11.3.